The monoisotopic (exact) mass is 208 g/mol. The fourth-order valence-corrected chi connectivity index (χ4v) is 1.42. The minimum absolute atomic E-state index is 0.182. The summed E-state index contributed by atoms with van der Waals surface area (Å²) in [5.41, 5.74) is 2.47. The first-order chi connectivity index (χ1) is 6.79. The molecule has 1 heterocycles. The Morgan fingerprint density at radius 1 is 1.29 bits per heavy atom. The van der Waals surface area contributed by atoms with Gasteiger partial charge in [0.1, 0.15) is 0 Å². The zero-order chi connectivity index (χ0) is 9.97. The summed E-state index contributed by atoms with van der Waals surface area (Å²) in [5, 5.41) is 0. The fourth-order valence-electron chi connectivity index (χ4n) is 1.33. The Morgan fingerprint density at radius 3 is 2.86 bits per heavy atom. The first kappa shape index (κ1) is 9.09. The summed E-state index contributed by atoms with van der Waals surface area (Å²) in [7, 11) is 0. The van der Waals surface area contributed by atoms with Crippen molar-refractivity contribution >= 4 is 28.7 Å². The third-order valence-corrected chi connectivity index (χ3v) is 2.12. The van der Waals surface area contributed by atoms with Gasteiger partial charge >= 0.3 is 5.69 Å². The van der Waals surface area contributed by atoms with Crippen molar-refractivity contribution in [2.75, 3.05) is 5.88 Å². The van der Waals surface area contributed by atoms with Crippen LogP contribution in [0, 0.1) is 0 Å². The van der Waals surface area contributed by atoms with E-state index in [2.05, 4.69) is 9.97 Å². The van der Waals surface area contributed by atoms with Crippen molar-refractivity contribution in [3.63, 3.8) is 0 Å². The second-order valence-electron chi connectivity index (χ2n) is 2.94. The van der Waals surface area contributed by atoms with E-state index in [4.69, 9.17) is 11.6 Å². The number of allylic oxidation sites excluding steroid dienone is 1. The van der Waals surface area contributed by atoms with Crippen LogP contribution in [0.2, 0.25) is 0 Å². The van der Waals surface area contributed by atoms with Gasteiger partial charge in [0.25, 0.3) is 0 Å². The molecular formula is C10H9ClN2O. The fraction of sp³-hybridized carbons (Fsp3) is 0.100. The lowest BCUT2D eigenvalue weighted by Gasteiger charge is -1.92. The quantitative estimate of drug-likeness (QED) is 0.730. The molecular weight excluding hydrogens is 200 g/mol. The number of fused-ring (bicyclic) bond motifs is 1. The Labute approximate surface area is 85.4 Å². The SMILES string of the molecule is O=c1[nH]c2ccc(C=CCCl)cc2[nH]1. The average Bonchev–Trinajstić information content (AvgIpc) is 2.54. The molecule has 0 saturated carbocycles. The smallest absolute Gasteiger partial charge is 0.306 e. The van der Waals surface area contributed by atoms with Gasteiger partial charge in [-0.15, -0.1) is 11.6 Å². The molecule has 0 radical (unpaired) electrons. The number of alkyl halides is 1. The van der Waals surface area contributed by atoms with E-state index < -0.39 is 0 Å². The van der Waals surface area contributed by atoms with Gasteiger partial charge in [0, 0.05) is 5.88 Å². The Morgan fingerprint density at radius 2 is 2.07 bits per heavy atom. The minimum atomic E-state index is -0.182. The molecule has 0 aliphatic rings. The molecule has 3 nitrogen and oxygen atoms in total. The van der Waals surface area contributed by atoms with Crippen molar-refractivity contribution in [1.82, 2.24) is 9.97 Å². The summed E-state index contributed by atoms with van der Waals surface area (Å²) in [4.78, 5) is 16.3. The number of H-pyrrole nitrogens is 2. The molecule has 0 fully saturated rings. The van der Waals surface area contributed by atoms with Gasteiger partial charge in [-0.2, -0.15) is 0 Å². The third-order valence-electron chi connectivity index (χ3n) is 1.94. The molecule has 0 aliphatic heterocycles. The highest BCUT2D eigenvalue weighted by molar-refractivity contribution is 6.19. The number of hydrogen-bond acceptors (Lipinski definition) is 1. The van der Waals surface area contributed by atoms with E-state index in [9.17, 15) is 4.79 Å². The molecule has 0 amide bonds. The molecule has 2 aromatic rings. The molecule has 72 valence electrons. The largest absolute Gasteiger partial charge is 0.323 e. The highest BCUT2D eigenvalue weighted by Gasteiger charge is 1.96. The molecule has 0 spiro atoms. The Kier molecular flexibility index (Phi) is 2.41. The zero-order valence-corrected chi connectivity index (χ0v) is 8.14. The molecule has 1 aromatic heterocycles. The first-order valence-corrected chi connectivity index (χ1v) is 4.77. The van der Waals surface area contributed by atoms with Crippen LogP contribution < -0.4 is 5.69 Å². The Bertz CT molecular complexity index is 524. The molecule has 0 atom stereocenters. The van der Waals surface area contributed by atoms with E-state index in [0.29, 0.717) is 5.88 Å². The maximum atomic E-state index is 11.0. The predicted octanol–water partition coefficient (Wildman–Crippen LogP) is 2.11. The predicted molar refractivity (Wildman–Crippen MR) is 58.7 cm³/mol. The normalized spacial score (nSPS) is 11.5. The van der Waals surface area contributed by atoms with E-state index in [1.807, 2.05) is 30.4 Å². The maximum Gasteiger partial charge on any atom is 0.323 e. The second-order valence-corrected chi connectivity index (χ2v) is 3.25. The standard InChI is InChI=1S/C10H9ClN2O/c11-5-1-2-7-3-4-8-9(6-7)13-10(14)12-8/h1-4,6H,5H2,(H2,12,13,14). The second kappa shape index (κ2) is 3.72. The average molecular weight is 209 g/mol. The van der Waals surface area contributed by atoms with Gasteiger partial charge in [-0.25, -0.2) is 4.79 Å². The lowest BCUT2D eigenvalue weighted by molar-refractivity contribution is 1.21. The summed E-state index contributed by atoms with van der Waals surface area (Å²) >= 11 is 5.52. The van der Waals surface area contributed by atoms with Crippen LogP contribution in [0.15, 0.2) is 29.1 Å². The molecule has 1 aromatic carbocycles. The van der Waals surface area contributed by atoms with Gasteiger partial charge in [-0.1, -0.05) is 18.2 Å². The summed E-state index contributed by atoms with van der Waals surface area (Å²) < 4.78 is 0. The highest BCUT2D eigenvalue weighted by Crippen LogP contribution is 2.11. The molecule has 0 saturated heterocycles. The van der Waals surface area contributed by atoms with Gasteiger partial charge < -0.3 is 9.97 Å². The molecule has 0 unspecified atom stereocenters. The third kappa shape index (κ3) is 1.72. The van der Waals surface area contributed by atoms with Crippen molar-refractivity contribution in [2.24, 2.45) is 0 Å². The minimum Gasteiger partial charge on any atom is -0.306 e. The van der Waals surface area contributed by atoms with Crippen LogP contribution >= 0.6 is 11.6 Å². The van der Waals surface area contributed by atoms with Crippen LogP contribution in [-0.2, 0) is 0 Å². The van der Waals surface area contributed by atoms with E-state index in [0.717, 1.165) is 16.6 Å². The van der Waals surface area contributed by atoms with E-state index in [1.165, 1.54) is 0 Å². The molecule has 2 rings (SSSR count). The van der Waals surface area contributed by atoms with Crippen LogP contribution in [0.4, 0.5) is 0 Å². The molecule has 0 bridgehead atoms. The van der Waals surface area contributed by atoms with E-state index in [1.54, 1.807) is 0 Å². The Balaban J connectivity index is 2.50. The van der Waals surface area contributed by atoms with Crippen LogP contribution in [-0.4, -0.2) is 15.8 Å². The first-order valence-electron chi connectivity index (χ1n) is 4.24. The van der Waals surface area contributed by atoms with Crippen LogP contribution in [0.3, 0.4) is 0 Å². The van der Waals surface area contributed by atoms with Gasteiger partial charge in [-0.05, 0) is 17.7 Å². The summed E-state index contributed by atoms with van der Waals surface area (Å²) in [6.45, 7) is 0. The van der Waals surface area contributed by atoms with Crippen molar-refractivity contribution in [2.45, 2.75) is 0 Å². The number of rotatable bonds is 2. The number of aromatic nitrogens is 2. The topological polar surface area (TPSA) is 48.6 Å². The Hall–Kier alpha value is -1.48. The summed E-state index contributed by atoms with van der Waals surface area (Å²) in [6.07, 6.45) is 3.77. The van der Waals surface area contributed by atoms with E-state index in [-0.39, 0.29) is 5.69 Å². The van der Waals surface area contributed by atoms with Crippen molar-refractivity contribution in [3.8, 4) is 0 Å². The van der Waals surface area contributed by atoms with Gasteiger partial charge in [-0.3, -0.25) is 0 Å². The summed E-state index contributed by atoms with van der Waals surface area (Å²) in [5.74, 6) is 0.488. The molecule has 4 heteroatoms. The number of aromatic amines is 2. The van der Waals surface area contributed by atoms with Crippen molar-refractivity contribution in [3.05, 3.63) is 40.3 Å². The van der Waals surface area contributed by atoms with Gasteiger partial charge in [0.2, 0.25) is 0 Å². The number of benzene rings is 1. The lowest BCUT2D eigenvalue weighted by atomic mass is 10.2. The number of imidazole rings is 1. The van der Waals surface area contributed by atoms with Gasteiger partial charge in [0.05, 0.1) is 11.0 Å². The van der Waals surface area contributed by atoms with E-state index >= 15 is 0 Å². The maximum absolute atomic E-state index is 11.0. The van der Waals surface area contributed by atoms with Crippen molar-refractivity contribution in [1.29, 1.82) is 0 Å². The lowest BCUT2D eigenvalue weighted by Crippen LogP contribution is -1.99. The van der Waals surface area contributed by atoms with Crippen LogP contribution in [0.5, 0.6) is 0 Å². The summed E-state index contributed by atoms with van der Waals surface area (Å²) in [6, 6.07) is 5.69. The molecule has 0 aliphatic carbocycles. The molecule has 2 N–H and O–H groups in total. The zero-order valence-electron chi connectivity index (χ0n) is 7.38. The molecule has 14 heavy (non-hydrogen) atoms. The van der Waals surface area contributed by atoms with Gasteiger partial charge in [0.15, 0.2) is 0 Å². The van der Waals surface area contributed by atoms with Crippen molar-refractivity contribution < 1.29 is 0 Å². The highest BCUT2D eigenvalue weighted by atomic mass is 35.5. The number of nitrogens with one attached hydrogen (secondary N) is 2. The number of hydrogen-bond donors (Lipinski definition) is 2. The van der Waals surface area contributed by atoms with Crippen LogP contribution in [0.1, 0.15) is 5.56 Å². The number of halogens is 1. The van der Waals surface area contributed by atoms with Crippen LogP contribution in [0.25, 0.3) is 17.1 Å².